The molecular weight excluding hydrogens is 545 g/mol. The Morgan fingerprint density at radius 3 is 2.49 bits per heavy atom. The van der Waals surface area contributed by atoms with E-state index in [4.69, 9.17) is 4.74 Å². The highest BCUT2D eigenvalue weighted by atomic mass is 32.2. The van der Waals surface area contributed by atoms with Gasteiger partial charge in [0.1, 0.15) is 18.2 Å². The van der Waals surface area contributed by atoms with Gasteiger partial charge in [-0.1, -0.05) is 36.4 Å². The van der Waals surface area contributed by atoms with Gasteiger partial charge in [-0.05, 0) is 83.6 Å². The van der Waals surface area contributed by atoms with E-state index in [1.165, 1.54) is 36.4 Å². The fraction of sp³-hybridized carbons (Fsp3) is 0.161. The van der Waals surface area contributed by atoms with Crippen molar-refractivity contribution in [1.29, 1.82) is 0 Å². The lowest BCUT2D eigenvalue weighted by atomic mass is 9.77. The Labute approximate surface area is 236 Å². The number of fused-ring (bicyclic) bond motifs is 3. The molecule has 10 heteroatoms. The number of rotatable bonds is 8. The molecule has 208 valence electrons. The molecule has 0 spiro atoms. The van der Waals surface area contributed by atoms with Crippen molar-refractivity contribution in [3.05, 3.63) is 136 Å². The predicted octanol–water partition coefficient (Wildman–Crippen LogP) is 6.94. The van der Waals surface area contributed by atoms with E-state index in [2.05, 4.69) is 22.2 Å². The number of anilines is 2. The minimum absolute atomic E-state index is 0.00483. The summed E-state index contributed by atoms with van der Waals surface area (Å²) in [6.07, 6.45) is 5.09. The first kappa shape index (κ1) is 26.5. The van der Waals surface area contributed by atoms with Crippen molar-refractivity contribution in [2.24, 2.45) is 5.92 Å². The molecule has 6 rings (SSSR count). The molecule has 41 heavy (non-hydrogen) atoms. The first-order valence-corrected chi connectivity index (χ1v) is 14.6. The number of para-hydroxylation sites is 1. The van der Waals surface area contributed by atoms with Gasteiger partial charge in [-0.25, -0.2) is 12.8 Å². The molecule has 0 saturated carbocycles. The van der Waals surface area contributed by atoms with Crippen molar-refractivity contribution < 1.29 is 22.5 Å². The van der Waals surface area contributed by atoms with Crippen LogP contribution in [0, 0.1) is 21.8 Å². The molecule has 2 N–H and O–H groups in total. The number of hydrogen-bond donors (Lipinski definition) is 2. The largest absolute Gasteiger partial charge is 0.489 e. The molecule has 4 aromatic rings. The highest BCUT2D eigenvalue weighted by Gasteiger charge is 2.38. The normalized spacial score (nSPS) is 19.1. The van der Waals surface area contributed by atoms with Crippen LogP contribution in [0.2, 0.25) is 0 Å². The lowest BCUT2D eigenvalue weighted by Gasteiger charge is -2.37. The standard InChI is InChI=1S/C31H26FN3O5S/c32-28-6-1-2-7-30(28)34-41(38,39)24-16-17-29-27(18-24)25-4-3-5-26(25)31(33-29)21-10-14-23(15-11-21)40-19-20-8-12-22(13-9-20)35(36)37/h1-4,6-18,25-26,31,33-34H,5,19H2/t25-,26+,31+/m0/s1. The van der Waals surface area contributed by atoms with E-state index >= 15 is 0 Å². The van der Waals surface area contributed by atoms with Crippen LogP contribution in [0.4, 0.5) is 21.5 Å². The summed E-state index contributed by atoms with van der Waals surface area (Å²) in [5.41, 5.74) is 3.59. The van der Waals surface area contributed by atoms with Gasteiger partial charge in [0.05, 0.1) is 21.5 Å². The van der Waals surface area contributed by atoms with Crippen LogP contribution in [0.25, 0.3) is 0 Å². The predicted molar refractivity (Wildman–Crippen MR) is 154 cm³/mol. The summed E-state index contributed by atoms with van der Waals surface area (Å²) in [6.45, 7) is 0.290. The summed E-state index contributed by atoms with van der Waals surface area (Å²) in [5.74, 6) is 0.256. The Balaban J connectivity index is 1.18. The molecule has 0 saturated heterocycles. The van der Waals surface area contributed by atoms with E-state index in [1.54, 1.807) is 30.3 Å². The molecule has 8 nitrogen and oxygen atoms in total. The lowest BCUT2D eigenvalue weighted by Crippen LogP contribution is -2.29. The molecule has 0 radical (unpaired) electrons. The first-order chi connectivity index (χ1) is 19.8. The second-order valence-corrected chi connectivity index (χ2v) is 11.8. The second kappa shape index (κ2) is 10.7. The van der Waals surface area contributed by atoms with Crippen LogP contribution >= 0.6 is 0 Å². The number of nitrogens with zero attached hydrogens (tertiary/aromatic N) is 1. The zero-order chi connectivity index (χ0) is 28.6. The average Bonchev–Trinajstić information content (AvgIpc) is 3.48. The smallest absolute Gasteiger partial charge is 0.269 e. The molecule has 0 aromatic heterocycles. The number of nitro groups is 1. The second-order valence-electron chi connectivity index (χ2n) is 10.1. The fourth-order valence-electron chi connectivity index (χ4n) is 5.47. The van der Waals surface area contributed by atoms with E-state index in [1.807, 2.05) is 24.3 Å². The van der Waals surface area contributed by atoms with Crippen LogP contribution in [-0.4, -0.2) is 13.3 Å². The van der Waals surface area contributed by atoms with Crippen molar-refractivity contribution in [2.75, 3.05) is 10.0 Å². The third kappa shape index (κ3) is 5.38. The number of ether oxygens (including phenoxy) is 1. The van der Waals surface area contributed by atoms with Gasteiger partial charge in [-0.3, -0.25) is 14.8 Å². The maximum atomic E-state index is 14.1. The maximum absolute atomic E-state index is 14.1. The van der Waals surface area contributed by atoms with Crippen LogP contribution in [0.1, 0.15) is 35.1 Å². The summed E-state index contributed by atoms with van der Waals surface area (Å²) in [6, 6.07) is 24.7. The van der Waals surface area contributed by atoms with Crippen molar-refractivity contribution in [1.82, 2.24) is 0 Å². The van der Waals surface area contributed by atoms with Crippen LogP contribution < -0.4 is 14.8 Å². The van der Waals surface area contributed by atoms with Gasteiger partial charge in [-0.2, -0.15) is 0 Å². The van der Waals surface area contributed by atoms with E-state index in [0.29, 0.717) is 5.75 Å². The monoisotopic (exact) mass is 571 g/mol. The number of halogens is 1. The molecule has 4 aromatic carbocycles. The van der Waals surface area contributed by atoms with Gasteiger partial charge < -0.3 is 10.1 Å². The summed E-state index contributed by atoms with van der Waals surface area (Å²) in [4.78, 5) is 10.5. The van der Waals surface area contributed by atoms with Crippen molar-refractivity contribution in [2.45, 2.75) is 29.9 Å². The molecule has 0 amide bonds. The van der Waals surface area contributed by atoms with E-state index in [-0.39, 0.29) is 40.8 Å². The average molecular weight is 572 g/mol. The molecule has 1 aliphatic heterocycles. The van der Waals surface area contributed by atoms with Gasteiger partial charge in [0.15, 0.2) is 0 Å². The van der Waals surface area contributed by atoms with Gasteiger partial charge in [-0.15, -0.1) is 0 Å². The topological polar surface area (TPSA) is 111 Å². The van der Waals surface area contributed by atoms with Gasteiger partial charge in [0.25, 0.3) is 15.7 Å². The van der Waals surface area contributed by atoms with Crippen LogP contribution in [0.3, 0.4) is 0 Å². The molecule has 1 aliphatic carbocycles. The quantitative estimate of drug-likeness (QED) is 0.135. The molecule has 3 atom stereocenters. The number of non-ortho nitro benzene ring substituents is 1. The first-order valence-electron chi connectivity index (χ1n) is 13.1. The Kier molecular flexibility index (Phi) is 6.92. The number of benzene rings is 4. The van der Waals surface area contributed by atoms with Crippen molar-refractivity contribution in [3.8, 4) is 5.75 Å². The minimum atomic E-state index is -3.99. The molecule has 2 aliphatic rings. The Morgan fingerprint density at radius 1 is 1.00 bits per heavy atom. The van der Waals surface area contributed by atoms with E-state index in [9.17, 15) is 22.9 Å². The Hall–Kier alpha value is -4.70. The molecular formula is C31H26FN3O5S. The third-order valence-corrected chi connectivity index (χ3v) is 8.92. The summed E-state index contributed by atoms with van der Waals surface area (Å²) in [7, 11) is -3.99. The molecule has 0 unspecified atom stereocenters. The third-order valence-electron chi connectivity index (χ3n) is 7.55. The fourth-order valence-corrected chi connectivity index (χ4v) is 6.57. The maximum Gasteiger partial charge on any atom is 0.269 e. The van der Waals surface area contributed by atoms with E-state index in [0.717, 1.165) is 28.8 Å². The molecule has 1 heterocycles. The Morgan fingerprint density at radius 2 is 1.76 bits per heavy atom. The number of nitrogens with one attached hydrogen (secondary N) is 2. The van der Waals surface area contributed by atoms with Crippen LogP contribution in [0.5, 0.6) is 5.75 Å². The van der Waals surface area contributed by atoms with Crippen LogP contribution in [0.15, 0.2) is 108 Å². The van der Waals surface area contributed by atoms with Gasteiger partial charge in [0, 0.05) is 23.7 Å². The van der Waals surface area contributed by atoms with Crippen molar-refractivity contribution >= 4 is 27.1 Å². The number of hydrogen-bond acceptors (Lipinski definition) is 6. The summed E-state index contributed by atoms with van der Waals surface area (Å²) >= 11 is 0. The molecule has 0 fully saturated rings. The van der Waals surface area contributed by atoms with Crippen molar-refractivity contribution in [3.63, 3.8) is 0 Å². The summed E-state index contributed by atoms with van der Waals surface area (Å²) in [5, 5.41) is 14.4. The SMILES string of the molecule is O=[N+]([O-])c1ccc(COc2ccc([C@H]3Nc4ccc(S(=O)(=O)Nc5ccccc5F)cc4[C@H]4C=CC[C@H]43)cc2)cc1. The minimum Gasteiger partial charge on any atom is -0.489 e. The van der Waals surface area contributed by atoms with Crippen LogP contribution in [-0.2, 0) is 16.6 Å². The van der Waals surface area contributed by atoms with Gasteiger partial charge in [0.2, 0.25) is 0 Å². The Bertz CT molecular complexity index is 1740. The van der Waals surface area contributed by atoms with E-state index < -0.39 is 20.8 Å². The van der Waals surface area contributed by atoms with Gasteiger partial charge >= 0.3 is 0 Å². The highest BCUT2D eigenvalue weighted by molar-refractivity contribution is 7.92. The zero-order valence-electron chi connectivity index (χ0n) is 21.7. The number of sulfonamides is 1. The number of allylic oxidation sites excluding steroid dienone is 2. The zero-order valence-corrected chi connectivity index (χ0v) is 22.6. The molecule has 0 bridgehead atoms. The lowest BCUT2D eigenvalue weighted by molar-refractivity contribution is -0.384. The summed E-state index contributed by atoms with van der Waals surface area (Å²) < 4.78 is 48.5. The highest BCUT2D eigenvalue weighted by Crippen LogP contribution is 2.50. The number of nitro benzene ring substituents is 1.